The first-order valence-corrected chi connectivity index (χ1v) is 9.86. The second-order valence-corrected chi connectivity index (χ2v) is 8.48. The van der Waals surface area contributed by atoms with Crippen LogP contribution in [-0.4, -0.2) is 45.9 Å². The van der Waals surface area contributed by atoms with E-state index in [4.69, 9.17) is 18.9 Å². The summed E-state index contributed by atoms with van der Waals surface area (Å²) in [6.45, 7) is 5.91. The van der Waals surface area contributed by atoms with E-state index in [-0.39, 0.29) is 11.2 Å². The average molecular weight is 415 g/mol. The third-order valence-corrected chi connectivity index (χ3v) is 5.83. The molecule has 1 aliphatic carbocycles. The molecule has 0 spiro atoms. The molecule has 0 fully saturated rings. The van der Waals surface area contributed by atoms with E-state index in [1.807, 2.05) is 0 Å². The first kappa shape index (κ1) is 21.9. The molecule has 7 heteroatoms. The lowest BCUT2D eigenvalue weighted by atomic mass is 9.66. The molecule has 1 heterocycles. The molecule has 1 aromatic carbocycles. The number of ketones is 1. The molecule has 7 nitrogen and oxygen atoms in total. The van der Waals surface area contributed by atoms with Gasteiger partial charge in [-0.15, -0.1) is 0 Å². The fourth-order valence-corrected chi connectivity index (χ4v) is 4.51. The zero-order chi connectivity index (χ0) is 22.2. The predicted molar refractivity (Wildman–Crippen MR) is 113 cm³/mol. The maximum absolute atomic E-state index is 13.3. The van der Waals surface area contributed by atoms with Crippen molar-refractivity contribution in [2.45, 2.75) is 39.5 Å². The van der Waals surface area contributed by atoms with Crippen LogP contribution in [0.3, 0.4) is 0 Å². The molecular weight excluding hydrogens is 386 g/mol. The minimum Gasteiger partial charge on any atom is -0.496 e. The summed E-state index contributed by atoms with van der Waals surface area (Å²) in [5, 5.41) is 0. The molecule has 1 aliphatic heterocycles. The molecule has 0 amide bonds. The van der Waals surface area contributed by atoms with E-state index in [0.29, 0.717) is 46.9 Å². The Morgan fingerprint density at radius 3 is 2.17 bits per heavy atom. The molecule has 0 saturated carbocycles. The number of methoxy groups -OCH3 is 4. The Morgan fingerprint density at radius 1 is 1.00 bits per heavy atom. The molecule has 0 saturated heterocycles. The summed E-state index contributed by atoms with van der Waals surface area (Å²) in [6, 6.07) is 3.48. The van der Waals surface area contributed by atoms with Crippen molar-refractivity contribution >= 4 is 17.5 Å². The average Bonchev–Trinajstić information content (AvgIpc) is 2.70. The van der Waals surface area contributed by atoms with Gasteiger partial charge in [-0.2, -0.15) is 0 Å². The Balaban J connectivity index is 2.30. The van der Waals surface area contributed by atoms with Gasteiger partial charge in [-0.05, 0) is 24.8 Å². The van der Waals surface area contributed by atoms with Crippen LogP contribution < -0.4 is 14.2 Å². The van der Waals surface area contributed by atoms with Crippen molar-refractivity contribution in [1.82, 2.24) is 0 Å². The number of esters is 1. The number of aliphatic imine (C=N–C) groups is 1. The number of Topliss-reactive ketones (excluding diaryl/α,β-unsaturated/α-hetero) is 1. The summed E-state index contributed by atoms with van der Waals surface area (Å²) in [5.74, 6) is -0.266. The standard InChI is InChI=1S/C23H29NO6/c1-12-19(22(26)30-7)20(21-14(24-12)10-23(2,3)11-15(21)25)13-8-17(28-5)18(29-6)9-16(13)27-4/h8-9,19-20H,10-11H2,1-7H3/t19?,20-/m0/s1. The monoisotopic (exact) mass is 415 g/mol. The maximum atomic E-state index is 13.3. The van der Waals surface area contributed by atoms with E-state index in [0.717, 1.165) is 5.70 Å². The Morgan fingerprint density at radius 2 is 1.60 bits per heavy atom. The van der Waals surface area contributed by atoms with Gasteiger partial charge in [0.25, 0.3) is 0 Å². The molecule has 1 aromatic rings. The number of benzene rings is 1. The number of hydrogen-bond donors (Lipinski definition) is 0. The summed E-state index contributed by atoms with van der Waals surface area (Å²) in [4.78, 5) is 30.8. The Bertz CT molecular complexity index is 943. The van der Waals surface area contributed by atoms with Crippen molar-refractivity contribution in [3.05, 3.63) is 29.0 Å². The SMILES string of the molecule is COC(=O)C1C(C)=NC2=C(C(=O)CC(C)(C)C2)[C@H]1c1cc(OC)c(OC)cc1OC. The van der Waals surface area contributed by atoms with E-state index in [9.17, 15) is 9.59 Å². The third-order valence-electron chi connectivity index (χ3n) is 5.83. The van der Waals surface area contributed by atoms with Crippen LogP contribution in [0.5, 0.6) is 17.2 Å². The number of rotatable bonds is 5. The van der Waals surface area contributed by atoms with Crippen molar-refractivity contribution < 1.29 is 28.5 Å². The number of ether oxygens (including phenoxy) is 4. The quantitative estimate of drug-likeness (QED) is 0.682. The van der Waals surface area contributed by atoms with Crippen LogP contribution in [0.15, 0.2) is 28.4 Å². The van der Waals surface area contributed by atoms with Gasteiger partial charge in [0.2, 0.25) is 0 Å². The Hall–Kier alpha value is -2.83. The van der Waals surface area contributed by atoms with Gasteiger partial charge in [0.05, 0.1) is 28.4 Å². The molecule has 0 bridgehead atoms. The summed E-state index contributed by atoms with van der Waals surface area (Å²) >= 11 is 0. The fraction of sp³-hybridized carbons (Fsp3) is 0.522. The van der Waals surface area contributed by atoms with Crippen LogP contribution in [-0.2, 0) is 14.3 Å². The minimum absolute atomic E-state index is 0.00626. The highest BCUT2D eigenvalue weighted by Gasteiger charge is 2.47. The van der Waals surface area contributed by atoms with Gasteiger partial charge in [0.1, 0.15) is 11.7 Å². The smallest absolute Gasteiger partial charge is 0.315 e. The first-order valence-electron chi connectivity index (χ1n) is 9.86. The fourth-order valence-electron chi connectivity index (χ4n) is 4.51. The molecule has 3 rings (SSSR count). The molecular formula is C23H29NO6. The van der Waals surface area contributed by atoms with Crippen molar-refractivity contribution in [2.75, 3.05) is 28.4 Å². The number of nitrogens with zero attached hydrogens (tertiary/aromatic N) is 1. The van der Waals surface area contributed by atoms with Gasteiger partial charge in [-0.3, -0.25) is 14.6 Å². The lowest BCUT2D eigenvalue weighted by Crippen LogP contribution is -2.39. The van der Waals surface area contributed by atoms with Gasteiger partial charge in [-0.1, -0.05) is 13.8 Å². The largest absolute Gasteiger partial charge is 0.496 e. The van der Waals surface area contributed by atoms with Crippen LogP contribution in [0.1, 0.15) is 45.1 Å². The van der Waals surface area contributed by atoms with Crippen molar-refractivity contribution in [2.24, 2.45) is 16.3 Å². The molecule has 2 atom stereocenters. The van der Waals surface area contributed by atoms with Crippen LogP contribution in [0.2, 0.25) is 0 Å². The molecule has 30 heavy (non-hydrogen) atoms. The summed E-state index contributed by atoms with van der Waals surface area (Å²) in [5.41, 5.74) is 2.38. The number of hydrogen-bond acceptors (Lipinski definition) is 7. The lowest BCUT2D eigenvalue weighted by molar-refractivity contribution is -0.143. The normalized spacial score (nSPS) is 22.8. The molecule has 1 unspecified atom stereocenters. The Labute approximate surface area is 177 Å². The number of carbonyl (C=O) groups is 2. The molecule has 2 aliphatic rings. The van der Waals surface area contributed by atoms with Crippen LogP contribution in [0.25, 0.3) is 0 Å². The predicted octanol–water partition coefficient (Wildman–Crippen LogP) is 3.70. The van der Waals surface area contributed by atoms with Gasteiger partial charge in [0.15, 0.2) is 17.3 Å². The lowest BCUT2D eigenvalue weighted by Gasteiger charge is -2.39. The van der Waals surface area contributed by atoms with E-state index < -0.39 is 17.8 Å². The van der Waals surface area contributed by atoms with E-state index in [2.05, 4.69) is 18.8 Å². The summed E-state index contributed by atoms with van der Waals surface area (Å²) < 4.78 is 21.6. The van der Waals surface area contributed by atoms with E-state index in [1.165, 1.54) is 7.11 Å². The van der Waals surface area contributed by atoms with E-state index >= 15 is 0 Å². The van der Waals surface area contributed by atoms with Crippen molar-refractivity contribution in [3.63, 3.8) is 0 Å². The van der Waals surface area contributed by atoms with Gasteiger partial charge < -0.3 is 18.9 Å². The van der Waals surface area contributed by atoms with Crippen LogP contribution >= 0.6 is 0 Å². The number of carbonyl (C=O) groups excluding carboxylic acids is 2. The third kappa shape index (κ3) is 3.68. The van der Waals surface area contributed by atoms with E-state index in [1.54, 1.807) is 40.4 Å². The summed E-state index contributed by atoms with van der Waals surface area (Å²) in [6.07, 6.45) is 1.05. The van der Waals surface area contributed by atoms with Gasteiger partial charge >= 0.3 is 5.97 Å². The first-order chi connectivity index (χ1) is 14.2. The summed E-state index contributed by atoms with van der Waals surface area (Å²) in [7, 11) is 5.97. The van der Waals surface area contributed by atoms with Crippen LogP contribution in [0, 0.1) is 11.3 Å². The van der Waals surface area contributed by atoms with Gasteiger partial charge in [0, 0.05) is 41.0 Å². The molecule has 0 radical (unpaired) electrons. The van der Waals surface area contributed by atoms with Crippen molar-refractivity contribution in [3.8, 4) is 17.2 Å². The molecule has 0 aromatic heterocycles. The Kier molecular flexibility index (Phi) is 5.92. The van der Waals surface area contributed by atoms with Crippen LogP contribution in [0.4, 0.5) is 0 Å². The highest BCUT2D eigenvalue weighted by molar-refractivity contribution is 6.09. The highest BCUT2D eigenvalue weighted by atomic mass is 16.5. The molecule has 0 N–H and O–H groups in total. The zero-order valence-electron chi connectivity index (χ0n) is 18.6. The highest BCUT2D eigenvalue weighted by Crippen LogP contribution is 2.51. The number of allylic oxidation sites excluding steroid dienone is 2. The van der Waals surface area contributed by atoms with Gasteiger partial charge in [-0.25, -0.2) is 0 Å². The second-order valence-electron chi connectivity index (χ2n) is 8.48. The van der Waals surface area contributed by atoms with Crippen molar-refractivity contribution in [1.29, 1.82) is 0 Å². The second kappa shape index (κ2) is 8.13. The topological polar surface area (TPSA) is 83.4 Å². The maximum Gasteiger partial charge on any atom is 0.315 e. The minimum atomic E-state index is -0.731. The zero-order valence-corrected chi connectivity index (χ0v) is 18.6. The molecule has 162 valence electrons.